The Hall–Kier alpha value is -12.2. The first-order valence-electron chi connectivity index (χ1n) is 35.8. The normalized spacial score (nSPS) is 12.5. The average Bonchev–Trinajstić information content (AvgIpc) is 0.997. The summed E-state index contributed by atoms with van der Waals surface area (Å²) in [5.74, 6) is 0. The molecule has 102 heavy (non-hydrogen) atoms. The van der Waals surface area contributed by atoms with Gasteiger partial charge in [-0.25, -0.2) is 0 Å². The minimum absolute atomic E-state index is 0.00656. The van der Waals surface area contributed by atoms with Crippen molar-refractivity contribution in [3.05, 3.63) is 363 Å². The van der Waals surface area contributed by atoms with Gasteiger partial charge in [0.15, 0.2) is 0 Å². The third-order valence-corrected chi connectivity index (χ3v) is 21.3. The van der Waals surface area contributed by atoms with Crippen LogP contribution in [-0.4, -0.2) is 11.3 Å². The van der Waals surface area contributed by atoms with Crippen LogP contribution in [0.25, 0.3) is 117 Å². The smallest absolute Gasteiger partial charge is 0.252 e. The first-order chi connectivity index (χ1) is 49.9. The maximum Gasteiger partial charge on any atom is 0.252 e. The van der Waals surface area contributed by atoms with Gasteiger partial charge in [-0.05, 0) is 166 Å². The second-order valence-electron chi connectivity index (χ2n) is 29.6. The van der Waals surface area contributed by atoms with Crippen LogP contribution in [0.15, 0.2) is 352 Å². The molecule has 0 amide bonds. The zero-order valence-corrected chi connectivity index (χ0v) is 58.4. The Bertz CT molecular complexity index is 5370. The van der Waals surface area contributed by atoms with E-state index in [2.05, 4.69) is 408 Å². The van der Waals surface area contributed by atoms with Crippen molar-refractivity contribution >= 4 is 79.0 Å². The van der Waals surface area contributed by atoms with E-state index < -0.39 is 0 Å². The summed E-state index contributed by atoms with van der Waals surface area (Å²) in [5.41, 5.74) is 34.5. The third kappa shape index (κ3) is 10.8. The minimum Gasteiger partial charge on any atom is -0.310 e. The molecule has 0 aliphatic carbocycles. The molecule has 15 aromatic carbocycles. The van der Waals surface area contributed by atoms with E-state index in [9.17, 15) is 0 Å². The number of hydrogen-bond donors (Lipinski definition) is 0. The highest BCUT2D eigenvalue weighted by atomic mass is 15.2. The van der Waals surface area contributed by atoms with Crippen LogP contribution < -0.4 is 26.2 Å². The van der Waals surface area contributed by atoms with Gasteiger partial charge < -0.3 is 14.4 Å². The van der Waals surface area contributed by atoms with Crippen LogP contribution in [0.4, 0.5) is 34.1 Å². The van der Waals surface area contributed by atoms with Gasteiger partial charge in [-0.1, -0.05) is 333 Å². The molecule has 3 nitrogen and oxygen atoms in total. The van der Waals surface area contributed by atoms with Crippen LogP contribution in [0.3, 0.4) is 0 Å². The maximum atomic E-state index is 2.69. The molecule has 0 atom stereocenters. The van der Waals surface area contributed by atoms with Crippen LogP contribution in [0.5, 0.6) is 0 Å². The Balaban J connectivity index is 1.03. The molecule has 0 saturated carbocycles. The summed E-state index contributed by atoms with van der Waals surface area (Å²) in [5, 5.41) is 2.41. The van der Waals surface area contributed by atoms with Crippen LogP contribution in [0, 0.1) is 0 Å². The van der Waals surface area contributed by atoms with Crippen molar-refractivity contribution in [2.24, 2.45) is 0 Å². The topological polar surface area (TPSA) is 11.4 Å². The van der Waals surface area contributed by atoms with Gasteiger partial charge in [0.1, 0.15) is 0 Å². The predicted molar refractivity (Wildman–Crippen MR) is 436 cm³/mol. The lowest BCUT2D eigenvalue weighted by molar-refractivity contribution is 0.590. The van der Waals surface area contributed by atoms with E-state index in [1.807, 2.05) is 0 Å². The van der Waals surface area contributed by atoms with Crippen LogP contribution in [-0.2, 0) is 10.8 Å². The highest BCUT2D eigenvalue weighted by Gasteiger charge is 2.46. The summed E-state index contributed by atoms with van der Waals surface area (Å²) >= 11 is 0. The molecule has 486 valence electrons. The zero-order chi connectivity index (χ0) is 68.8. The van der Waals surface area contributed by atoms with E-state index in [1.54, 1.807) is 0 Å². The van der Waals surface area contributed by atoms with Crippen molar-refractivity contribution < 1.29 is 0 Å². The summed E-state index contributed by atoms with van der Waals surface area (Å²) in [7, 11) is 0. The molecule has 3 heterocycles. The fourth-order valence-electron chi connectivity index (χ4n) is 16.2. The molecule has 1 aromatic heterocycles. The van der Waals surface area contributed by atoms with Crippen LogP contribution in [0.1, 0.15) is 52.7 Å². The Kier molecular flexibility index (Phi) is 15.1. The molecular weight excluding hydrogens is 1230 g/mol. The third-order valence-electron chi connectivity index (χ3n) is 21.3. The summed E-state index contributed by atoms with van der Waals surface area (Å²) in [6.45, 7) is 13.5. The predicted octanol–water partition coefficient (Wildman–Crippen LogP) is 24.8. The first-order valence-corrected chi connectivity index (χ1v) is 35.8. The SMILES string of the molecule is CC(C)(C)c1ccc(-c2cc(-c3ccccc3)c(N3c4ccc(-c5ccccc5)cc4B4c5cc(-c6ccccc6)ccc5N(c5c(-c6ccccc6)cc(-c6ccc(C(C)(C)C)cc6)cc5-c5ccccc5)c5cc(-n6c7ccccc7c7ccccc76)cc3c54)c(-c3ccccc3)c2)cc1. The highest BCUT2D eigenvalue weighted by molar-refractivity contribution is 7.00. The van der Waals surface area contributed by atoms with Crippen molar-refractivity contribution in [2.75, 3.05) is 9.80 Å². The van der Waals surface area contributed by atoms with E-state index in [0.29, 0.717) is 0 Å². The summed E-state index contributed by atoms with van der Waals surface area (Å²) in [6.07, 6.45) is 0. The zero-order valence-electron chi connectivity index (χ0n) is 58.4. The summed E-state index contributed by atoms with van der Waals surface area (Å²) < 4.78 is 2.54. The van der Waals surface area contributed by atoms with Gasteiger partial charge in [0.25, 0.3) is 6.71 Å². The number of fused-ring (bicyclic) bond motifs is 7. The van der Waals surface area contributed by atoms with Crippen molar-refractivity contribution in [2.45, 2.75) is 52.4 Å². The van der Waals surface area contributed by atoms with E-state index in [0.717, 1.165) is 118 Å². The average molecular weight is 1310 g/mol. The monoisotopic (exact) mass is 1310 g/mol. The van der Waals surface area contributed by atoms with E-state index in [1.165, 1.54) is 60.5 Å². The molecule has 16 aromatic rings. The molecular formula is C98H76BN3. The number of hydrogen-bond acceptors (Lipinski definition) is 2. The molecule has 0 saturated heterocycles. The minimum atomic E-state index is -0.270. The standard InChI is InChI=1S/C98H76BN3/c1-97(2,3)77-51-45-67(46-52-77)75-57-82(69-33-17-9-18-34-69)95(83(58-75)70-35-19-10-20-36-70)101-90-55-49-73(65-29-13-7-14-30-65)61-86(90)99-87-62-74(66-31-15-8-16-32-66)50-56-91(87)102(93-64-79(63-92(101)94(93)99)100-88-43-27-25-41-80(88)81-42-26-28-44-89(81)100)96-84(71-37-21-11-22-38-71)59-76(60-85(96)72-39-23-12-24-40-72)68-47-53-78(54-48-68)98(4,5)6/h7-64H,1-6H3. The number of para-hydroxylation sites is 2. The molecule has 0 fully saturated rings. The van der Waals surface area contributed by atoms with Crippen molar-refractivity contribution in [3.63, 3.8) is 0 Å². The van der Waals surface area contributed by atoms with E-state index in [4.69, 9.17) is 0 Å². The molecule has 2 aliphatic rings. The van der Waals surface area contributed by atoms with Gasteiger partial charge in [-0.15, -0.1) is 0 Å². The first kappa shape index (κ1) is 62.0. The lowest BCUT2D eigenvalue weighted by Gasteiger charge is -2.46. The van der Waals surface area contributed by atoms with Gasteiger partial charge in [0, 0.05) is 55.8 Å². The number of benzene rings is 15. The van der Waals surface area contributed by atoms with Gasteiger partial charge in [0.05, 0.1) is 28.1 Å². The largest absolute Gasteiger partial charge is 0.310 e. The molecule has 0 radical (unpaired) electrons. The Morgan fingerprint density at radius 2 is 0.520 bits per heavy atom. The maximum absolute atomic E-state index is 2.69. The van der Waals surface area contributed by atoms with Crippen LogP contribution >= 0.6 is 0 Å². The lowest BCUT2D eigenvalue weighted by Crippen LogP contribution is -2.61. The fourth-order valence-corrected chi connectivity index (χ4v) is 16.2. The van der Waals surface area contributed by atoms with Crippen molar-refractivity contribution in [1.82, 2.24) is 4.57 Å². The second-order valence-corrected chi connectivity index (χ2v) is 29.6. The Morgan fingerprint density at radius 3 is 0.843 bits per heavy atom. The molecule has 0 N–H and O–H groups in total. The molecule has 0 bridgehead atoms. The fraction of sp³-hybridized carbons (Fsp3) is 0.0816. The van der Waals surface area contributed by atoms with Crippen molar-refractivity contribution in [1.29, 1.82) is 0 Å². The summed E-state index contributed by atoms with van der Waals surface area (Å²) in [4.78, 5) is 5.39. The quantitative estimate of drug-likeness (QED) is 0.120. The molecule has 18 rings (SSSR count). The molecule has 0 unspecified atom stereocenters. The lowest BCUT2D eigenvalue weighted by atomic mass is 9.33. The number of rotatable bonds is 11. The number of anilines is 6. The van der Waals surface area contributed by atoms with Gasteiger partial charge in [-0.2, -0.15) is 0 Å². The highest BCUT2D eigenvalue weighted by Crippen LogP contribution is 2.56. The number of aromatic nitrogens is 1. The molecule has 4 heteroatoms. The second kappa shape index (κ2) is 24.9. The Labute approximate surface area is 599 Å². The van der Waals surface area contributed by atoms with Crippen molar-refractivity contribution in [3.8, 4) is 94.7 Å². The van der Waals surface area contributed by atoms with Crippen LogP contribution in [0.2, 0.25) is 0 Å². The van der Waals surface area contributed by atoms with E-state index >= 15 is 0 Å². The molecule has 0 spiro atoms. The Morgan fingerprint density at radius 1 is 0.235 bits per heavy atom. The van der Waals surface area contributed by atoms with Gasteiger partial charge in [0.2, 0.25) is 0 Å². The number of nitrogens with zero attached hydrogens (tertiary/aromatic N) is 3. The molecule has 2 aliphatic heterocycles. The van der Waals surface area contributed by atoms with Gasteiger partial charge >= 0.3 is 0 Å². The summed E-state index contributed by atoms with van der Waals surface area (Å²) in [6, 6.07) is 133. The van der Waals surface area contributed by atoms with Gasteiger partial charge in [-0.3, -0.25) is 0 Å². The van der Waals surface area contributed by atoms with E-state index in [-0.39, 0.29) is 17.5 Å².